The molecule has 1 aromatic carbocycles. The van der Waals surface area contributed by atoms with Gasteiger partial charge in [0.05, 0.1) is 7.11 Å². The lowest BCUT2D eigenvalue weighted by molar-refractivity contribution is -0.148. The summed E-state index contributed by atoms with van der Waals surface area (Å²) in [5.74, 6) is 2.22. The molecular weight excluding hydrogens is 384 g/mol. The van der Waals surface area contributed by atoms with Crippen molar-refractivity contribution < 1.29 is 9.53 Å². The fraction of sp³-hybridized carbons (Fsp3) is 0.591. The molecule has 0 radical (unpaired) electrons. The van der Waals surface area contributed by atoms with Crippen LogP contribution in [0.4, 0.5) is 5.13 Å². The number of hydrogen-bond donors (Lipinski definition) is 0. The van der Waals surface area contributed by atoms with Gasteiger partial charge in [0.15, 0.2) is 0 Å². The molecule has 0 unspecified atom stereocenters. The number of fused-ring (bicyclic) bond motifs is 4. The molecular formula is C22H28N4O2S. The lowest BCUT2D eigenvalue weighted by atomic mass is 9.71. The van der Waals surface area contributed by atoms with Crippen LogP contribution in [0.5, 0.6) is 5.75 Å². The summed E-state index contributed by atoms with van der Waals surface area (Å²) in [6, 6.07) is 8.91. The first kappa shape index (κ1) is 18.9. The molecule has 2 bridgehead atoms. The summed E-state index contributed by atoms with van der Waals surface area (Å²) in [6.45, 7) is 3.96. The fourth-order valence-electron chi connectivity index (χ4n) is 5.65. The van der Waals surface area contributed by atoms with Crippen molar-refractivity contribution in [2.45, 2.75) is 51.1 Å². The van der Waals surface area contributed by atoms with Gasteiger partial charge in [-0.15, -0.1) is 10.2 Å². The number of hydrogen-bond acceptors (Lipinski definition) is 6. The summed E-state index contributed by atoms with van der Waals surface area (Å²) in [6.07, 6.45) is 4.94. The summed E-state index contributed by atoms with van der Waals surface area (Å²) < 4.78 is 5.43. The number of methoxy groups -OCH3 is 1. The highest BCUT2D eigenvalue weighted by Crippen LogP contribution is 2.43. The molecule has 3 fully saturated rings. The first-order chi connectivity index (χ1) is 14.1. The third-order valence-corrected chi connectivity index (χ3v) is 7.76. The monoisotopic (exact) mass is 412 g/mol. The second-order valence-corrected chi connectivity index (χ2v) is 9.81. The molecule has 7 heteroatoms. The van der Waals surface area contributed by atoms with Crippen LogP contribution in [0.25, 0.3) is 0 Å². The summed E-state index contributed by atoms with van der Waals surface area (Å²) in [5.41, 5.74) is 1.24. The van der Waals surface area contributed by atoms with Gasteiger partial charge in [0.1, 0.15) is 10.8 Å². The molecule has 3 aliphatic heterocycles. The van der Waals surface area contributed by atoms with Crippen molar-refractivity contribution in [1.82, 2.24) is 15.1 Å². The highest BCUT2D eigenvalue weighted by atomic mass is 32.1. The molecule has 29 heavy (non-hydrogen) atoms. The number of anilines is 1. The molecule has 4 heterocycles. The molecule has 6 nitrogen and oxygen atoms in total. The number of ether oxygens (including phenoxy) is 1. The summed E-state index contributed by atoms with van der Waals surface area (Å²) >= 11 is 1.68. The Morgan fingerprint density at radius 2 is 2.10 bits per heavy atom. The SMILES string of the molecule is COc1cccc(C[C@H]2[C@H]3C[C@H](CN(c4nnc(C)s4)C3)[C@@H]3CCCC(=O)N32)c1. The second-order valence-electron chi connectivity index (χ2n) is 8.65. The Bertz CT molecular complexity index is 900. The molecule has 2 aromatic rings. The largest absolute Gasteiger partial charge is 0.497 e. The Hall–Kier alpha value is -2.15. The molecule has 0 saturated carbocycles. The van der Waals surface area contributed by atoms with Gasteiger partial charge in [0.25, 0.3) is 0 Å². The number of carbonyl (C=O) groups is 1. The van der Waals surface area contributed by atoms with E-state index in [2.05, 4.69) is 32.1 Å². The van der Waals surface area contributed by atoms with Crippen molar-refractivity contribution in [3.63, 3.8) is 0 Å². The standard InChI is InChI=1S/C22H28N4O2S/c1-14-23-24-22(29-14)25-12-16-11-17(13-25)20(26-19(16)7-4-8-21(26)27)10-15-5-3-6-18(9-15)28-2/h3,5-6,9,16-17,19-20H,4,7-8,10-13H2,1-2H3/t16-,17+,19+,20+/m1/s1. The smallest absolute Gasteiger partial charge is 0.223 e. The Kier molecular flexibility index (Phi) is 4.94. The average molecular weight is 413 g/mol. The maximum Gasteiger partial charge on any atom is 0.223 e. The Balaban J connectivity index is 1.46. The van der Waals surface area contributed by atoms with E-state index in [1.54, 1.807) is 18.4 Å². The van der Waals surface area contributed by atoms with Gasteiger partial charge < -0.3 is 14.5 Å². The van der Waals surface area contributed by atoms with Crippen LogP contribution in [0, 0.1) is 18.8 Å². The van der Waals surface area contributed by atoms with Gasteiger partial charge in [-0.3, -0.25) is 4.79 Å². The number of benzene rings is 1. The molecule has 4 atom stereocenters. The van der Waals surface area contributed by atoms with Crippen molar-refractivity contribution in [3.05, 3.63) is 34.8 Å². The highest BCUT2D eigenvalue weighted by Gasteiger charge is 2.49. The minimum Gasteiger partial charge on any atom is -0.497 e. The van der Waals surface area contributed by atoms with Gasteiger partial charge in [-0.25, -0.2) is 0 Å². The van der Waals surface area contributed by atoms with Crippen LogP contribution >= 0.6 is 11.3 Å². The third-order valence-electron chi connectivity index (χ3n) is 6.86. The Morgan fingerprint density at radius 1 is 1.24 bits per heavy atom. The van der Waals surface area contributed by atoms with Crippen LogP contribution in [-0.2, 0) is 11.2 Å². The van der Waals surface area contributed by atoms with Gasteiger partial charge >= 0.3 is 0 Å². The van der Waals surface area contributed by atoms with Crippen molar-refractivity contribution in [1.29, 1.82) is 0 Å². The zero-order valence-corrected chi connectivity index (χ0v) is 17.9. The van der Waals surface area contributed by atoms with E-state index in [4.69, 9.17) is 4.74 Å². The number of nitrogens with zero attached hydrogens (tertiary/aromatic N) is 4. The van der Waals surface area contributed by atoms with Gasteiger partial charge in [0, 0.05) is 31.6 Å². The lowest BCUT2D eigenvalue weighted by Crippen LogP contribution is -2.65. The second kappa shape index (κ2) is 7.59. The van der Waals surface area contributed by atoms with Crippen molar-refractivity contribution >= 4 is 22.4 Å². The van der Waals surface area contributed by atoms with E-state index in [0.717, 1.165) is 48.2 Å². The predicted octanol–water partition coefficient (Wildman–Crippen LogP) is 3.30. The van der Waals surface area contributed by atoms with Crippen molar-refractivity contribution in [3.8, 4) is 5.75 Å². The van der Waals surface area contributed by atoms with Gasteiger partial charge in [-0.05, 0) is 62.1 Å². The van der Waals surface area contributed by atoms with Crippen LogP contribution < -0.4 is 9.64 Å². The molecule has 5 rings (SSSR count). The number of piperidine rings is 3. The molecule has 3 saturated heterocycles. The molecule has 0 spiro atoms. The normalized spacial score (nSPS) is 29.0. The number of aryl methyl sites for hydroxylation is 1. The van der Waals surface area contributed by atoms with E-state index in [-0.39, 0.29) is 6.04 Å². The lowest BCUT2D eigenvalue weighted by Gasteiger charge is -2.56. The first-order valence-corrected chi connectivity index (χ1v) is 11.4. The Morgan fingerprint density at radius 3 is 2.90 bits per heavy atom. The number of carbonyl (C=O) groups excluding carboxylic acids is 1. The molecule has 3 aliphatic rings. The molecule has 0 aliphatic carbocycles. The van der Waals surface area contributed by atoms with Crippen molar-refractivity contribution in [2.75, 3.05) is 25.1 Å². The Labute approximate surface area is 175 Å². The zero-order valence-electron chi connectivity index (χ0n) is 17.1. The van der Waals surface area contributed by atoms with Crippen LogP contribution in [0.1, 0.15) is 36.3 Å². The maximum atomic E-state index is 13.0. The minimum atomic E-state index is 0.243. The van der Waals surface area contributed by atoms with Gasteiger partial charge in [-0.1, -0.05) is 23.5 Å². The van der Waals surface area contributed by atoms with E-state index >= 15 is 0 Å². The summed E-state index contributed by atoms with van der Waals surface area (Å²) in [7, 11) is 1.71. The third kappa shape index (κ3) is 3.50. The topological polar surface area (TPSA) is 58.6 Å². The predicted molar refractivity (Wildman–Crippen MR) is 113 cm³/mol. The van der Waals surface area contributed by atoms with E-state index in [9.17, 15) is 4.79 Å². The van der Waals surface area contributed by atoms with Crippen LogP contribution in [0.2, 0.25) is 0 Å². The van der Waals surface area contributed by atoms with E-state index in [0.29, 0.717) is 30.2 Å². The maximum absolute atomic E-state index is 13.0. The molecule has 0 N–H and O–H groups in total. The van der Waals surface area contributed by atoms with Crippen LogP contribution in [0.3, 0.4) is 0 Å². The van der Waals surface area contributed by atoms with Crippen molar-refractivity contribution in [2.24, 2.45) is 11.8 Å². The van der Waals surface area contributed by atoms with Crippen LogP contribution in [-0.4, -0.2) is 53.3 Å². The molecule has 1 amide bonds. The van der Waals surface area contributed by atoms with E-state index in [1.807, 2.05) is 19.1 Å². The summed E-state index contributed by atoms with van der Waals surface area (Å²) in [4.78, 5) is 17.7. The number of rotatable bonds is 4. The highest BCUT2D eigenvalue weighted by molar-refractivity contribution is 7.15. The molecule has 154 valence electrons. The first-order valence-electron chi connectivity index (χ1n) is 10.6. The van der Waals surface area contributed by atoms with Gasteiger partial charge in [0.2, 0.25) is 11.0 Å². The zero-order chi connectivity index (χ0) is 20.0. The minimum absolute atomic E-state index is 0.243. The van der Waals surface area contributed by atoms with E-state index < -0.39 is 0 Å². The van der Waals surface area contributed by atoms with Gasteiger partial charge in [-0.2, -0.15) is 0 Å². The number of aromatic nitrogens is 2. The van der Waals surface area contributed by atoms with Crippen LogP contribution in [0.15, 0.2) is 24.3 Å². The summed E-state index contributed by atoms with van der Waals surface area (Å²) in [5, 5.41) is 10.7. The average Bonchev–Trinajstić information content (AvgIpc) is 3.18. The quantitative estimate of drug-likeness (QED) is 0.771. The molecule has 1 aromatic heterocycles. The fourth-order valence-corrected chi connectivity index (χ4v) is 6.35. The van der Waals surface area contributed by atoms with E-state index in [1.165, 1.54) is 12.0 Å². The number of amides is 1.